The maximum atomic E-state index is 11.7. The highest BCUT2D eigenvalue weighted by molar-refractivity contribution is 5.90. The second kappa shape index (κ2) is 7.67. The number of carbonyl (C=O) groups is 1. The standard InChI is InChI=1S/C22H20O3/c1-16(22(23)24-2)21-14-13-19(25-21)15-20(17-9-5-3-6-10-17)18-11-7-4-8-12-18/h3-16H,1-2H3. The molecule has 0 aliphatic carbocycles. The SMILES string of the molecule is COC(=O)C(C)c1ccc(C=C(c2ccccc2)c2ccccc2)o1. The molecule has 2 aromatic carbocycles. The van der Waals surface area contributed by atoms with Crippen LogP contribution < -0.4 is 0 Å². The summed E-state index contributed by atoms with van der Waals surface area (Å²) in [6.45, 7) is 1.77. The van der Waals surface area contributed by atoms with E-state index < -0.39 is 5.92 Å². The minimum absolute atomic E-state index is 0.309. The van der Waals surface area contributed by atoms with Gasteiger partial charge in [-0.05, 0) is 41.8 Å². The minimum Gasteiger partial charge on any atom is -0.468 e. The number of furan rings is 1. The Morgan fingerprint density at radius 2 is 1.48 bits per heavy atom. The largest absolute Gasteiger partial charge is 0.468 e. The maximum absolute atomic E-state index is 11.7. The van der Waals surface area contributed by atoms with Crippen molar-refractivity contribution in [1.29, 1.82) is 0 Å². The van der Waals surface area contributed by atoms with Gasteiger partial charge in [0.15, 0.2) is 0 Å². The van der Waals surface area contributed by atoms with E-state index in [4.69, 9.17) is 9.15 Å². The number of methoxy groups -OCH3 is 1. The lowest BCUT2D eigenvalue weighted by Gasteiger charge is -2.08. The van der Waals surface area contributed by atoms with Crippen molar-refractivity contribution in [3.8, 4) is 0 Å². The number of carbonyl (C=O) groups excluding carboxylic acids is 1. The molecule has 0 aliphatic heterocycles. The van der Waals surface area contributed by atoms with E-state index >= 15 is 0 Å². The van der Waals surface area contributed by atoms with Crippen LogP contribution in [-0.4, -0.2) is 13.1 Å². The predicted molar refractivity (Wildman–Crippen MR) is 99.0 cm³/mol. The number of hydrogen-bond acceptors (Lipinski definition) is 3. The van der Waals surface area contributed by atoms with Crippen LogP contribution in [0.4, 0.5) is 0 Å². The van der Waals surface area contributed by atoms with E-state index in [9.17, 15) is 4.79 Å². The number of hydrogen-bond donors (Lipinski definition) is 0. The van der Waals surface area contributed by atoms with Crippen molar-refractivity contribution in [2.24, 2.45) is 0 Å². The van der Waals surface area contributed by atoms with Crippen molar-refractivity contribution in [1.82, 2.24) is 0 Å². The smallest absolute Gasteiger partial charge is 0.316 e. The van der Waals surface area contributed by atoms with Crippen LogP contribution >= 0.6 is 0 Å². The molecule has 0 saturated carbocycles. The molecular weight excluding hydrogens is 312 g/mol. The molecule has 0 saturated heterocycles. The third-order valence-corrected chi connectivity index (χ3v) is 4.09. The van der Waals surface area contributed by atoms with Crippen LogP contribution in [0.15, 0.2) is 77.2 Å². The second-order valence-electron chi connectivity index (χ2n) is 5.78. The Kier molecular flexibility index (Phi) is 5.14. The highest BCUT2D eigenvalue weighted by Gasteiger charge is 2.19. The van der Waals surface area contributed by atoms with Crippen molar-refractivity contribution < 1.29 is 13.9 Å². The molecule has 0 fully saturated rings. The Labute approximate surface area is 147 Å². The molecule has 1 aromatic heterocycles. The quantitative estimate of drug-likeness (QED) is 0.607. The fourth-order valence-corrected chi connectivity index (χ4v) is 2.68. The third kappa shape index (κ3) is 3.89. The second-order valence-corrected chi connectivity index (χ2v) is 5.78. The fraction of sp³-hybridized carbons (Fsp3) is 0.136. The lowest BCUT2D eigenvalue weighted by atomic mass is 9.97. The van der Waals surface area contributed by atoms with E-state index in [0.717, 1.165) is 16.7 Å². The van der Waals surface area contributed by atoms with Gasteiger partial charge in [-0.25, -0.2) is 0 Å². The number of rotatable bonds is 5. The maximum Gasteiger partial charge on any atom is 0.316 e. The molecule has 1 atom stereocenters. The molecule has 0 amide bonds. The van der Waals surface area contributed by atoms with Gasteiger partial charge in [-0.2, -0.15) is 0 Å². The zero-order valence-corrected chi connectivity index (χ0v) is 14.3. The van der Waals surface area contributed by atoms with Gasteiger partial charge in [0.05, 0.1) is 7.11 Å². The van der Waals surface area contributed by atoms with Crippen LogP contribution in [0.25, 0.3) is 11.6 Å². The zero-order chi connectivity index (χ0) is 17.6. The molecule has 0 spiro atoms. The van der Waals surface area contributed by atoms with E-state index in [1.165, 1.54) is 7.11 Å². The fourth-order valence-electron chi connectivity index (χ4n) is 2.68. The van der Waals surface area contributed by atoms with Gasteiger partial charge >= 0.3 is 5.97 Å². The first kappa shape index (κ1) is 16.8. The van der Waals surface area contributed by atoms with E-state index in [-0.39, 0.29) is 5.97 Å². The highest BCUT2D eigenvalue weighted by Crippen LogP contribution is 2.28. The first-order valence-electron chi connectivity index (χ1n) is 8.19. The Morgan fingerprint density at radius 3 is 2.00 bits per heavy atom. The number of benzene rings is 2. The van der Waals surface area contributed by atoms with Gasteiger partial charge < -0.3 is 9.15 Å². The highest BCUT2D eigenvalue weighted by atomic mass is 16.5. The summed E-state index contributed by atoms with van der Waals surface area (Å²) < 4.78 is 10.6. The summed E-state index contributed by atoms with van der Waals surface area (Å²) in [6, 6.07) is 24.0. The first-order chi connectivity index (χ1) is 12.2. The molecule has 126 valence electrons. The van der Waals surface area contributed by atoms with Gasteiger partial charge in [-0.15, -0.1) is 0 Å². The Bertz CT molecular complexity index is 819. The summed E-state index contributed by atoms with van der Waals surface area (Å²) in [4.78, 5) is 11.7. The Hall–Kier alpha value is -3.07. The Morgan fingerprint density at radius 1 is 0.920 bits per heavy atom. The third-order valence-electron chi connectivity index (χ3n) is 4.09. The van der Waals surface area contributed by atoms with Gasteiger partial charge in [0.25, 0.3) is 0 Å². The van der Waals surface area contributed by atoms with E-state index in [0.29, 0.717) is 11.5 Å². The summed E-state index contributed by atoms with van der Waals surface area (Å²) >= 11 is 0. The normalized spacial score (nSPS) is 11.6. The summed E-state index contributed by atoms with van der Waals surface area (Å²) in [7, 11) is 1.38. The lowest BCUT2D eigenvalue weighted by Crippen LogP contribution is -2.09. The van der Waals surface area contributed by atoms with Crippen LogP contribution in [0.2, 0.25) is 0 Å². The topological polar surface area (TPSA) is 39.4 Å². The van der Waals surface area contributed by atoms with E-state index in [1.807, 2.05) is 54.6 Å². The van der Waals surface area contributed by atoms with Crippen molar-refractivity contribution in [2.45, 2.75) is 12.8 Å². The van der Waals surface area contributed by atoms with Crippen LogP contribution in [0.5, 0.6) is 0 Å². The molecule has 0 aliphatic rings. The van der Waals surface area contributed by atoms with Gasteiger partial charge in [-0.3, -0.25) is 4.79 Å². The average Bonchev–Trinajstić information content (AvgIpc) is 3.15. The molecule has 0 radical (unpaired) electrons. The lowest BCUT2D eigenvalue weighted by molar-refractivity contribution is -0.142. The molecule has 0 bridgehead atoms. The summed E-state index contributed by atoms with van der Waals surface area (Å²) in [5.74, 6) is 0.562. The summed E-state index contributed by atoms with van der Waals surface area (Å²) in [5.41, 5.74) is 3.27. The van der Waals surface area contributed by atoms with Crippen LogP contribution in [0, 0.1) is 0 Å². The monoisotopic (exact) mass is 332 g/mol. The molecular formula is C22H20O3. The van der Waals surface area contributed by atoms with Gasteiger partial charge in [-0.1, -0.05) is 60.7 Å². The Balaban J connectivity index is 2.00. The zero-order valence-electron chi connectivity index (χ0n) is 14.3. The first-order valence-corrected chi connectivity index (χ1v) is 8.19. The molecule has 1 unspecified atom stereocenters. The summed E-state index contributed by atoms with van der Waals surface area (Å²) in [5, 5.41) is 0. The number of esters is 1. The van der Waals surface area contributed by atoms with Crippen LogP contribution in [-0.2, 0) is 9.53 Å². The molecule has 25 heavy (non-hydrogen) atoms. The van der Waals surface area contributed by atoms with Crippen molar-refractivity contribution >= 4 is 17.6 Å². The van der Waals surface area contributed by atoms with Gasteiger partial charge in [0.2, 0.25) is 0 Å². The van der Waals surface area contributed by atoms with Crippen LogP contribution in [0.3, 0.4) is 0 Å². The minimum atomic E-state index is -0.427. The van der Waals surface area contributed by atoms with Crippen molar-refractivity contribution in [3.63, 3.8) is 0 Å². The average molecular weight is 332 g/mol. The summed E-state index contributed by atoms with van der Waals surface area (Å²) in [6.07, 6.45) is 2.00. The molecule has 0 N–H and O–H groups in total. The molecule has 3 aromatic rings. The predicted octanol–water partition coefficient (Wildman–Crippen LogP) is 5.15. The van der Waals surface area contributed by atoms with E-state index in [2.05, 4.69) is 24.3 Å². The van der Waals surface area contributed by atoms with Crippen LogP contribution in [0.1, 0.15) is 35.5 Å². The molecule has 1 heterocycles. The molecule has 3 nitrogen and oxygen atoms in total. The van der Waals surface area contributed by atoms with Crippen molar-refractivity contribution in [2.75, 3.05) is 7.11 Å². The molecule has 3 heteroatoms. The molecule has 3 rings (SSSR count). The van der Waals surface area contributed by atoms with E-state index in [1.54, 1.807) is 6.92 Å². The van der Waals surface area contributed by atoms with Crippen molar-refractivity contribution in [3.05, 3.63) is 95.4 Å². The van der Waals surface area contributed by atoms with Gasteiger partial charge in [0.1, 0.15) is 17.4 Å². The van der Waals surface area contributed by atoms with Gasteiger partial charge in [0, 0.05) is 0 Å². The number of ether oxygens (including phenoxy) is 1.